The van der Waals surface area contributed by atoms with Gasteiger partial charge in [0.1, 0.15) is 11.6 Å². The number of imidazole rings is 1. The molecule has 0 spiro atoms. The maximum absolute atomic E-state index is 12.0. The minimum Gasteiger partial charge on any atom is -0.324 e. The van der Waals surface area contributed by atoms with E-state index < -0.39 is 22.3 Å². The maximum Gasteiger partial charge on any atom is 0.332 e. The lowest BCUT2D eigenvalue weighted by atomic mass is 10.5. The van der Waals surface area contributed by atoms with E-state index >= 15 is 0 Å². The van der Waals surface area contributed by atoms with E-state index in [0.29, 0.717) is 0 Å². The fraction of sp³-hybridized carbons (Fsp3) is 0.444. The molecule has 9 heteroatoms. The Bertz CT molecular complexity index is 769. The molecule has 1 unspecified atom stereocenters. The van der Waals surface area contributed by atoms with Crippen LogP contribution in [0.3, 0.4) is 0 Å². The fourth-order valence-corrected chi connectivity index (χ4v) is 2.28. The maximum atomic E-state index is 12.0. The monoisotopic (exact) mass is 272 g/mol. The molecule has 98 valence electrons. The van der Waals surface area contributed by atoms with Gasteiger partial charge in [-0.2, -0.15) is 0 Å². The average Bonchev–Trinajstić information content (AvgIpc) is 2.61. The molecule has 2 aromatic rings. The summed E-state index contributed by atoms with van der Waals surface area (Å²) in [5.41, 5.74) is -0.508. The normalized spacial score (nSPS) is 13.1. The van der Waals surface area contributed by atoms with Crippen LogP contribution < -0.4 is 11.2 Å². The van der Waals surface area contributed by atoms with Gasteiger partial charge in [-0.15, -0.1) is 0 Å². The van der Waals surface area contributed by atoms with E-state index in [0.717, 1.165) is 4.57 Å². The first kappa shape index (κ1) is 12.7. The number of hydrogen-bond donors (Lipinski definition) is 1. The van der Waals surface area contributed by atoms with Gasteiger partial charge in [-0.25, -0.2) is 14.0 Å². The molecule has 2 heterocycles. The van der Waals surface area contributed by atoms with Gasteiger partial charge in [-0.3, -0.25) is 13.9 Å². The quantitative estimate of drug-likeness (QED) is 0.684. The lowest BCUT2D eigenvalue weighted by molar-refractivity contribution is 0.561. The Balaban J connectivity index is 2.93. The van der Waals surface area contributed by atoms with E-state index in [9.17, 15) is 13.8 Å². The topological polar surface area (TPSA) is 99.1 Å². The largest absolute Gasteiger partial charge is 0.332 e. The zero-order chi connectivity index (χ0) is 13.6. The number of hydrogen-bond acceptors (Lipinski definition) is 4. The van der Waals surface area contributed by atoms with Crippen molar-refractivity contribution in [3.63, 3.8) is 0 Å². The second kappa shape index (κ2) is 4.18. The van der Waals surface area contributed by atoms with E-state index in [-0.39, 0.29) is 22.7 Å². The molecular formula is C9H12N4O4S. The Morgan fingerprint density at radius 2 is 1.78 bits per heavy atom. The summed E-state index contributed by atoms with van der Waals surface area (Å²) in [4.78, 5) is 27.8. The van der Waals surface area contributed by atoms with Gasteiger partial charge in [-0.1, -0.05) is 0 Å². The molecule has 0 aliphatic carbocycles. The summed E-state index contributed by atoms with van der Waals surface area (Å²) in [6, 6.07) is 0. The highest BCUT2D eigenvalue weighted by Gasteiger charge is 2.17. The van der Waals surface area contributed by atoms with Crippen LogP contribution in [0.4, 0.5) is 0 Å². The van der Waals surface area contributed by atoms with E-state index in [1.807, 2.05) is 0 Å². The first-order chi connectivity index (χ1) is 8.34. The molecule has 0 aliphatic rings. The molecule has 2 aromatic heterocycles. The van der Waals surface area contributed by atoms with Gasteiger partial charge in [0.05, 0.1) is 0 Å². The summed E-state index contributed by atoms with van der Waals surface area (Å²) in [6.45, 7) is 0. The number of rotatable bonds is 2. The summed E-state index contributed by atoms with van der Waals surface area (Å²) in [5, 5.41) is 0. The summed E-state index contributed by atoms with van der Waals surface area (Å²) in [5.74, 6) is 0.0897. The number of fused-ring (bicyclic) bond motifs is 1. The molecule has 1 N–H and O–H groups in total. The van der Waals surface area contributed by atoms with Crippen molar-refractivity contribution in [1.82, 2.24) is 18.7 Å². The zero-order valence-electron chi connectivity index (χ0n) is 10.1. The van der Waals surface area contributed by atoms with Crippen molar-refractivity contribution in [1.29, 1.82) is 0 Å². The van der Waals surface area contributed by atoms with Crippen molar-refractivity contribution in [2.75, 3.05) is 0 Å². The average molecular weight is 272 g/mol. The van der Waals surface area contributed by atoms with Crippen LogP contribution in [0, 0.1) is 0 Å². The molecule has 8 nitrogen and oxygen atoms in total. The third-order valence-electron chi connectivity index (χ3n) is 2.82. The van der Waals surface area contributed by atoms with Crippen molar-refractivity contribution in [3.8, 4) is 0 Å². The van der Waals surface area contributed by atoms with E-state index in [1.165, 1.54) is 23.2 Å². The molecule has 0 aromatic carbocycles. The zero-order valence-corrected chi connectivity index (χ0v) is 10.9. The van der Waals surface area contributed by atoms with Crippen LogP contribution in [0.2, 0.25) is 0 Å². The summed E-state index contributed by atoms with van der Waals surface area (Å²) in [6.07, 6.45) is 0. The van der Waals surface area contributed by atoms with Crippen LogP contribution in [0.25, 0.3) is 11.2 Å². The van der Waals surface area contributed by atoms with E-state index in [1.54, 1.807) is 7.05 Å². The van der Waals surface area contributed by atoms with Crippen LogP contribution in [0.1, 0.15) is 5.82 Å². The van der Waals surface area contributed by atoms with E-state index in [2.05, 4.69) is 4.98 Å². The number of nitrogens with zero attached hydrogens (tertiary/aromatic N) is 4. The van der Waals surface area contributed by atoms with Gasteiger partial charge in [0.2, 0.25) is 0 Å². The van der Waals surface area contributed by atoms with Gasteiger partial charge in [0.15, 0.2) is 22.2 Å². The van der Waals surface area contributed by atoms with Gasteiger partial charge < -0.3 is 9.12 Å². The molecule has 0 saturated heterocycles. The number of aryl methyl sites for hydroxylation is 2. The lowest BCUT2D eigenvalue weighted by Gasteiger charge is -2.03. The molecular weight excluding hydrogens is 260 g/mol. The van der Waals surface area contributed by atoms with Crippen molar-refractivity contribution < 1.29 is 8.76 Å². The summed E-state index contributed by atoms with van der Waals surface area (Å²) in [7, 11) is 4.45. The molecule has 2 rings (SSSR count). The predicted molar refractivity (Wildman–Crippen MR) is 65.7 cm³/mol. The standard InChI is InChI=1S/C9H12N4O4S/c1-11-5(4-18(16)17)10-7-6(11)8(14)13(3)9(15)12(7)2/h4H2,1-3H3,(H,16,17). The summed E-state index contributed by atoms with van der Waals surface area (Å²) < 4.78 is 23.3. The molecule has 0 saturated carbocycles. The minimum absolute atomic E-state index is 0.192. The third-order valence-corrected chi connectivity index (χ3v) is 3.33. The smallest absolute Gasteiger partial charge is 0.324 e. The van der Waals surface area contributed by atoms with Gasteiger partial charge in [0.25, 0.3) is 5.56 Å². The van der Waals surface area contributed by atoms with Gasteiger partial charge in [0, 0.05) is 21.1 Å². The van der Waals surface area contributed by atoms with Crippen molar-refractivity contribution >= 4 is 22.2 Å². The van der Waals surface area contributed by atoms with Gasteiger partial charge in [-0.05, 0) is 0 Å². The van der Waals surface area contributed by atoms with Crippen LogP contribution in [-0.4, -0.2) is 27.4 Å². The second-order valence-corrected chi connectivity index (χ2v) is 4.86. The molecule has 0 amide bonds. The second-order valence-electron chi connectivity index (χ2n) is 3.93. The van der Waals surface area contributed by atoms with Crippen molar-refractivity contribution in [2.24, 2.45) is 21.1 Å². The highest BCUT2D eigenvalue weighted by Crippen LogP contribution is 2.09. The highest BCUT2D eigenvalue weighted by atomic mass is 32.2. The molecule has 0 fully saturated rings. The lowest BCUT2D eigenvalue weighted by Crippen LogP contribution is -2.37. The Hall–Kier alpha value is -1.74. The molecule has 1 atom stereocenters. The molecule has 0 bridgehead atoms. The van der Waals surface area contributed by atoms with Crippen molar-refractivity contribution in [3.05, 3.63) is 26.7 Å². The third kappa shape index (κ3) is 1.71. The SMILES string of the molecule is Cn1c(=O)c2c(nc(CS(=O)O)n2C)n(C)c1=O. The van der Waals surface area contributed by atoms with Crippen molar-refractivity contribution in [2.45, 2.75) is 5.75 Å². The van der Waals surface area contributed by atoms with Crippen LogP contribution in [-0.2, 0) is 38.0 Å². The first-order valence-corrected chi connectivity index (χ1v) is 6.31. The van der Waals surface area contributed by atoms with Crippen LogP contribution in [0.5, 0.6) is 0 Å². The van der Waals surface area contributed by atoms with Gasteiger partial charge >= 0.3 is 5.69 Å². The molecule has 0 radical (unpaired) electrons. The van der Waals surface area contributed by atoms with Crippen LogP contribution >= 0.6 is 0 Å². The van der Waals surface area contributed by atoms with E-state index in [4.69, 9.17) is 4.55 Å². The first-order valence-electron chi connectivity index (χ1n) is 5.03. The Labute approximate surface area is 104 Å². The number of aromatic nitrogens is 4. The Kier molecular flexibility index (Phi) is 2.95. The molecule has 0 aliphatic heterocycles. The Morgan fingerprint density at radius 1 is 1.17 bits per heavy atom. The fourth-order valence-electron chi connectivity index (χ4n) is 1.80. The minimum atomic E-state index is -2.06. The Morgan fingerprint density at radius 3 is 2.33 bits per heavy atom. The van der Waals surface area contributed by atoms with Crippen LogP contribution in [0.15, 0.2) is 9.59 Å². The molecule has 18 heavy (non-hydrogen) atoms. The highest BCUT2D eigenvalue weighted by molar-refractivity contribution is 7.78. The summed E-state index contributed by atoms with van der Waals surface area (Å²) >= 11 is -2.06. The predicted octanol–water partition coefficient (Wildman–Crippen LogP) is -1.31.